The second-order valence-corrected chi connectivity index (χ2v) is 4.46. The summed E-state index contributed by atoms with van der Waals surface area (Å²) in [4.78, 5) is 25.7. The highest BCUT2D eigenvalue weighted by Crippen LogP contribution is 2.09. The van der Waals surface area contributed by atoms with Crippen molar-refractivity contribution in [1.29, 1.82) is 0 Å². The first-order valence-corrected chi connectivity index (χ1v) is 6.54. The van der Waals surface area contributed by atoms with E-state index in [1.807, 2.05) is 6.92 Å². The van der Waals surface area contributed by atoms with Crippen LogP contribution in [0, 0.1) is 0 Å². The molecule has 1 aliphatic heterocycles. The molecule has 0 aromatic carbocycles. The molecular formula is C10H15N5O2S. The lowest BCUT2D eigenvalue weighted by Crippen LogP contribution is -2.59. The van der Waals surface area contributed by atoms with E-state index in [0.717, 1.165) is 11.7 Å². The third kappa shape index (κ3) is 2.65. The minimum absolute atomic E-state index is 0.138. The van der Waals surface area contributed by atoms with Gasteiger partial charge in [0.2, 0.25) is 5.91 Å². The summed E-state index contributed by atoms with van der Waals surface area (Å²) in [7, 11) is 0. The van der Waals surface area contributed by atoms with Gasteiger partial charge in [0.15, 0.2) is 5.69 Å². The molecule has 0 spiro atoms. The van der Waals surface area contributed by atoms with Gasteiger partial charge in [-0.15, -0.1) is 0 Å². The first kappa shape index (κ1) is 12.9. The summed E-state index contributed by atoms with van der Waals surface area (Å²) < 4.78 is 7.73. The van der Waals surface area contributed by atoms with Crippen LogP contribution in [0.15, 0.2) is 6.20 Å². The molecule has 2 N–H and O–H groups in total. The molecule has 1 aromatic heterocycles. The number of likely N-dealkylation sites (N-methyl/N-ethyl adjacent to an activating group) is 1. The van der Waals surface area contributed by atoms with E-state index in [2.05, 4.69) is 19.4 Å². The van der Waals surface area contributed by atoms with Crippen molar-refractivity contribution >= 4 is 23.5 Å². The number of rotatable bonds is 3. The van der Waals surface area contributed by atoms with Crippen LogP contribution in [0.4, 0.5) is 0 Å². The number of carbonyl (C=O) groups is 2. The highest BCUT2D eigenvalue weighted by molar-refractivity contribution is 6.99. The largest absolute Gasteiger partial charge is 0.355 e. The molecule has 1 atom stereocenters. The topological polar surface area (TPSA) is 87.2 Å². The lowest BCUT2D eigenvalue weighted by molar-refractivity contribution is -0.126. The van der Waals surface area contributed by atoms with Gasteiger partial charge in [-0.3, -0.25) is 9.59 Å². The molecule has 2 heterocycles. The van der Waals surface area contributed by atoms with Crippen LogP contribution in [-0.2, 0) is 4.79 Å². The number of carbonyl (C=O) groups excluding carboxylic acids is 2. The Labute approximate surface area is 109 Å². The SMILES string of the molecule is CCNC(=O)C1CNCCN1C(=O)c1cnsn1. The molecule has 0 aliphatic carbocycles. The molecule has 2 amide bonds. The van der Waals surface area contributed by atoms with E-state index in [1.165, 1.54) is 6.20 Å². The van der Waals surface area contributed by atoms with Gasteiger partial charge in [0.25, 0.3) is 5.91 Å². The van der Waals surface area contributed by atoms with E-state index >= 15 is 0 Å². The maximum atomic E-state index is 12.2. The van der Waals surface area contributed by atoms with Gasteiger partial charge in [0.05, 0.1) is 17.9 Å². The maximum absolute atomic E-state index is 12.2. The Morgan fingerprint density at radius 2 is 2.50 bits per heavy atom. The van der Waals surface area contributed by atoms with E-state index in [-0.39, 0.29) is 11.8 Å². The Kier molecular flexibility index (Phi) is 4.21. The first-order valence-electron chi connectivity index (χ1n) is 5.81. The number of hydrogen-bond donors (Lipinski definition) is 2. The average Bonchev–Trinajstić information content (AvgIpc) is 2.92. The van der Waals surface area contributed by atoms with Gasteiger partial charge in [-0.05, 0) is 6.92 Å². The molecule has 18 heavy (non-hydrogen) atoms. The number of nitrogens with one attached hydrogen (secondary N) is 2. The van der Waals surface area contributed by atoms with Crippen molar-refractivity contribution in [3.63, 3.8) is 0 Å². The number of hydrogen-bond acceptors (Lipinski definition) is 6. The van der Waals surface area contributed by atoms with Crippen molar-refractivity contribution < 1.29 is 9.59 Å². The minimum atomic E-state index is -0.479. The molecular weight excluding hydrogens is 254 g/mol. The van der Waals surface area contributed by atoms with Crippen molar-refractivity contribution in [2.24, 2.45) is 0 Å². The number of amides is 2. The van der Waals surface area contributed by atoms with Crippen molar-refractivity contribution in [3.05, 3.63) is 11.9 Å². The van der Waals surface area contributed by atoms with E-state index in [4.69, 9.17) is 0 Å². The van der Waals surface area contributed by atoms with Gasteiger partial charge >= 0.3 is 0 Å². The highest BCUT2D eigenvalue weighted by atomic mass is 32.1. The van der Waals surface area contributed by atoms with Gasteiger partial charge in [0, 0.05) is 26.2 Å². The van der Waals surface area contributed by atoms with Crippen molar-refractivity contribution in [2.75, 3.05) is 26.2 Å². The zero-order valence-corrected chi connectivity index (χ0v) is 10.9. The van der Waals surface area contributed by atoms with E-state index < -0.39 is 6.04 Å². The Balaban J connectivity index is 2.12. The molecule has 0 bridgehead atoms. The summed E-state index contributed by atoms with van der Waals surface area (Å²) >= 11 is 0.988. The average molecular weight is 269 g/mol. The van der Waals surface area contributed by atoms with Crippen molar-refractivity contribution in [1.82, 2.24) is 24.3 Å². The van der Waals surface area contributed by atoms with Crippen LogP contribution in [0.2, 0.25) is 0 Å². The van der Waals surface area contributed by atoms with Crippen LogP contribution < -0.4 is 10.6 Å². The van der Waals surface area contributed by atoms with Crippen molar-refractivity contribution in [2.45, 2.75) is 13.0 Å². The first-order chi connectivity index (χ1) is 8.74. The highest BCUT2D eigenvalue weighted by Gasteiger charge is 2.33. The summed E-state index contributed by atoms with van der Waals surface area (Å²) in [6.07, 6.45) is 1.43. The normalized spacial score (nSPS) is 19.6. The smallest absolute Gasteiger partial charge is 0.276 e. The predicted octanol–water partition coefficient (Wildman–Crippen LogP) is -0.912. The van der Waals surface area contributed by atoms with Crippen LogP contribution >= 0.6 is 11.7 Å². The van der Waals surface area contributed by atoms with E-state index in [9.17, 15) is 9.59 Å². The second-order valence-electron chi connectivity index (χ2n) is 3.91. The molecule has 98 valence electrons. The Morgan fingerprint density at radius 3 is 3.17 bits per heavy atom. The van der Waals surface area contributed by atoms with Gasteiger partial charge in [-0.1, -0.05) is 0 Å². The zero-order valence-electron chi connectivity index (χ0n) is 10.0. The predicted molar refractivity (Wildman–Crippen MR) is 66.3 cm³/mol. The lowest BCUT2D eigenvalue weighted by Gasteiger charge is -2.34. The molecule has 1 aromatic rings. The molecule has 1 fully saturated rings. The zero-order chi connectivity index (χ0) is 13.0. The molecule has 0 saturated carbocycles. The van der Waals surface area contributed by atoms with Gasteiger partial charge in [-0.2, -0.15) is 8.75 Å². The summed E-state index contributed by atoms with van der Waals surface area (Å²) in [6, 6.07) is -0.479. The minimum Gasteiger partial charge on any atom is -0.355 e. The van der Waals surface area contributed by atoms with E-state index in [0.29, 0.717) is 31.9 Å². The van der Waals surface area contributed by atoms with Crippen LogP contribution in [0.5, 0.6) is 0 Å². The summed E-state index contributed by atoms with van der Waals surface area (Å²) in [5.41, 5.74) is 0.302. The Morgan fingerprint density at radius 1 is 1.67 bits per heavy atom. The lowest BCUT2D eigenvalue weighted by atomic mass is 10.1. The van der Waals surface area contributed by atoms with Gasteiger partial charge in [-0.25, -0.2) is 0 Å². The van der Waals surface area contributed by atoms with Gasteiger partial charge < -0.3 is 15.5 Å². The Bertz CT molecular complexity index is 422. The number of piperazine rings is 1. The molecule has 8 heteroatoms. The number of aromatic nitrogens is 2. The molecule has 1 saturated heterocycles. The molecule has 0 radical (unpaired) electrons. The third-order valence-corrected chi connectivity index (χ3v) is 3.22. The fourth-order valence-corrected chi connectivity index (χ4v) is 2.29. The second kappa shape index (κ2) is 5.87. The fraction of sp³-hybridized carbons (Fsp3) is 0.600. The molecule has 1 unspecified atom stereocenters. The summed E-state index contributed by atoms with van der Waals surface area (Å²) in [6.45, 7) is 4.05. The van der Waals surface area contributed by atoms with Gasteiger partial charge in [0.1, 0.15) is 6.04 Å². The summed E-state index contributed by atoms with van der Waals surface area (Å²) in [5.74, 6) is -0.372. The Hall–Kier alpha value is -1.54. The standard InChI is InChI=1S/C10H15N5O2S/c1-2-12-9(16)8-6-11-3-4-15(8)10(17)7-5-13-18-14-7/h5,8,11H,2-4,6H2,1H3,(H,12,16). The monoisotopic (exact) mass is 269 g/mol. The summed E-state index contributed by atoms with van der Waals surface area (Å²) in [5, 5.41) is 5.86. The van der Waals surface area contributed by atoms with Crippen molar-refractivity contribution in [3.8, 4) is 0 Å². The molecule has 7 nitrogen and oxygen atoms in total. The van der Waals surface area contributed by atoms with Crippen LogP contribution in [0.3, 0.4) is 0 Å². The van der Waals surface area contributed by atoms with Crippen LogP contribution in [-0.4, -0.2) is 57.7 Å². The third-order valence-electron chi connectivity index (χ3n) is 2.74. The van der Waals surface area contributed by atoms with E-state index in [1.54, 1.807) is 4.90 Å². The molecule has 2 rings (SSSR count). The maximum Gasteiger partial charge on any atom is 0.276 e. The molecule has 1 aliphatic rings. The van der Waals surface area contributed by atoms with Crippen LogP contribution in [0.1, 0.15) is 17.4 Å². The van der Waals surface area contributed by atoms with Crippen LogP contribution in [0.25, 0.3) is 0 Å². The fourth-order valence-electron chi connectivity index (χ4n) is 1.88. The number of nitrogens with zero attached hydrogens (tertiary/aromatic N) is 3. The quantitative estimate of drug-likeness (QED) is 0.741.